The lowest BCUT2D eigenvalue weighted by molar-refractivity contribution is 0.0930. The summed E-state index contributed by atoms with van der Waals surface area (Å²) in [7, 11) is 1.67. The molecule has 1 aromatic carbocycles. The Labute approximate surface area is 246 Å². The molecule has 220 valence electrons. The summed E-state index contributed by atoms with van der Waals surface area (Å²) in [5, 5.41) is 14.8. The van der Waals surface area contributed by atoms with Crippen LogP contribution < -0.4 is 21.1 Å². The summed E-state index contributed by atoms with van der Waals surface area (Å²) in [6.45, 7) is 2.08. The molecular weight excluding hydrogens is 530 g/mol. The minimum Gasteiger partial charge on any atom is -0.494 e. The van der Waals surface area contributed by atoms with Crippen LogP contribution in [0.2, 0.25) is 0 Å². The van der Waals surface area contributed by atoms with E-state index < -0.39 is 0 Å². The van der Waals surface area contributed by atoms with E-state index in [0.29, 0.717) is 30.0 Å². The zero-order valence-corrected chi connectivity index (χ0v) is 24.3. The Kier molecular flexibility index (Phi) is 7.70. The Hall–Kier alpha value is -4.21. The number of nitrogen functional groups attached to an aromatic ring is 1. The molecule has 3 aliphatic carbocycles. The number of nitrogens with two attached hydrogens (primary N) is 1. The fourth-order valence-corrected chi connectivity index (χ4v) is 7.12. The summed E-state index contributed by atoms with van der Waals surface area (Å²) in [5.41, 5.74) is 11.7. The van der Waals surface area contributed by atoms with Gasteiger partial charge in [0.1, 0.15) is 17.8 Å². The number of aromatic nitrogens is 3. The monoisotopic (exact) mass is 569 g/mol. The first-order valence-corrected chi connectivity index (χ1v) is 14.9. The average Bonchev–Trinajstić information content (AvgIpc) is 3.72. The van der Waals surface area contributed by atoms with Gasteiger partial charge in [-0.2, -0.15) is 4.98 Å². The molecule has 1 amide bonds. The van der Waals surface area contributed by atoms with Gasteiger partial charge in [0, 0.05) is 29.4 Å². The number of nitrogens with one attached hydrogen (secondary N) is 3. The van der Waals surface area contributed by atoms with Crippen molar-refractivity contribution in [2.24, 2.45) is 17.3 Å². The maximum atomic E-state index is 12.5. The SMILES string of the molecule is CCC(=N)C1CC2(CCc3cnc(Nc4ccc5c(c4OC)CCCC(NC(=O)c4cocn4)C5)nc3N)C=CC1C2. The number of aryl methyl sites for hydroxylation is 1. The molecule has 6 rings (SSSR count). The standard InChI is InChI=1S/C32H39N7O3/c1-3-25(33)24-15-32(11-9-20(24)14-32)12-10-21-16-35-31(39-29(21)34)38-26-8-7-19-13-22(5-4-6-23(19)28(26)41-2)37-30(40)27-17-42-18-36-27/h7-9,11,16-18,20,22,24,33H,3-6,10,12-15H2,1-2H3,(H,37,40)(H3,34,35,38,39). The largest absolute Gasteiger partial charge is 0.494 e. The molecule has 10 heteroatoms. The van der Waals surface area contributed by atoms with E-state index in [9.17, 15) is 4.79 Å². The molecule has 1 saturated carbocycles. The molecule has 3 aromatic rings. The number of nitrogens with zero attached hydrogens (tertiary/aromatic N) is 3. The van der Waals surface area contributed by atoms with Crippen molar-refractivity contribution in [3.8, 4) is 5.75 Å². The molecule has 4 unspecified atom stereocenters. The quantitative estimate of drug-likeness (QED) is 0.143. The summed E-state index contributed by atoms with van der Waals surface area (Å²) < 4.78 is 10.8. The number of benzene rings is 1. The number of carbonyl (C=O) groups is 1. The summed E-state index contributed by atoms with van der Waals surface area (Å²) in [6.07, 6.45) is 17.3. The van der Waals surface area contributed by atoms with E-state index in [0.717, 1.165) is 85.2 Å². The normalized spacial score (nSPS) is 24.2. The van der Waals surface area contributed by atoms with Crippen LogP contribution in [-0.4, -0.2) is 39.7 Å². The number of hydrogen-bond donors (Lipinski definition) is 4. The highest BCUT2D eigenvalue weighted by molar-refractivity contribution is 5.92. The minimum absolute atomic E-state index is 0.00582. The van der Waals surface area contributed by atoms with E-state index >= 15 is 0 Å². The maximum absolute atomic E-state index is 12.5. The maximum Gasteiger partial charge on any atom is 0.273 e. The number of rotatable bonds is 10. The summed E-state index contributed by atoms with van der Waals surface area (Å²) >= 11 is 0. The molecule has 10 nitrogen and oxygen atoms in total. The van der Waals surface area contributed by atoms with Crippen LogP contribution in [0.5, 0.6) is 5.75 Å². The summed E-state index contributed by atoms with van der Waals surface area (Å²) in [4.78, 5) is 25.7. The predicted octanol–water partition coefficient (Wildman–Crippen LogP) is 5.42. The van der Waals surface area contributed by atoms with Crippen LogP contribution in [0.3, 0.4) is 0 Å². The number of amides is 1. The van der Waals surface area contributed by atoms with Gasteiger partial charge in [-0.05, 0) is 86.3 Å². The van der Waals surface area contributed by atoms with Gasteiger partial charge < -0.3 is 30.9 Å². The average molecular weight is 570 g/mol. The van der Waals surface area contributed by atoms with Crippen LogP contribution in [0.1, 0.15) is 72.6 Å². The van der Waals surface area contributed by atoms with Gasteiger partial charge in [0.2, 0.25) is 5.95 Å². The van der Waals surface area contributed by atoms with Crippen molar-refractivity contribution in [2.75, 3.05) is 18.2 Å². The number of fused-ring (bicyclic) bond motifs is 3. The first kappa shape index (κ1) is 27.9. The van der Waals surface area contributed by atoms with Crippen LogP contribution in [0.15, 0.2) is 47.6 Å². The molecule has 2 heterocycles. The first-order valence-electron chi connectivity index (χ1n) is 14.9. The van der Waals surface area contributed by atoms with Crippen molar-refractivity contribution >= 4 is 29.1 Å². The fraction of sp³-hybridized carbons (Fsp3) is 0.469. The molecule has 0 radical (unpaired) electrons. The molecule has 2 aromatic heterocycles. The third kappa shape index (κ3) is 5.49. The molecule has 0 spiro atoms. The molecular formula is C32H39N7O3. The molecule has 42 heavy (non-hydrogen) atoms. The lowest BCUT2D eigenvalue weighted by Gasteiger charge is -2.26. The predicted molar refractivity (Wildman–Crippen MR) is 161 cm³/mol. The summed E-state index contributed by atoms with van der Waals surface area (Å²) in [5.74, 6) is 2.35. The Balaban J connectivity index is 1.12. The second-order valence-corrected chi connectivity index (χ2v) is 11.9. The van der Waals surface area contributed by atoms with E-state index in [-0.39, 0.29) is 23.1 Å². The highest BCUT2D eigenvalue weighted by atomic mass is 16.5. The van der Waals surface area contributed by atoms with E-state index in [1.165, 1.54) is 12.7 Å². The fourth-order valence-electron chi connectivity index (χ4n) is 7.12. The Morgan fingerprint density at radius 3 is 2.93 bits per heavy atom. The van der Waals surface area contributed by atoms with Crippen LogP contribution in [0.25, 0.3) is 0 Å². The molecule has 3 aliphatic rings. The van der Waals surface area contributed by atoms with Gasteiger partial charge in [-0.3, -0.25) is 4.79 Å². The lowest BCUT2D eigenvalue weighted by atomic mass is 9.78. The molecule has 0 saturated heterocycles. The molecule has 0 aliphatic heterocycles. The third-order valence-electron chi connectivity index (χ3n) is 9.36. The van der Waals surface area contributed by atoms with Crippen molar-refractivity contribution in [1.82, 2.24) is 20.3 Å². The van der Waals surface area contributed by atoms with E-state index in [2.05, 4.69) is 50.7 Å². The number of carbonyl (C=O) groups excluding carboxylic acids is 1. The number of ether oxygens (including phenoxy) is 1. The van der Waals surface area contributed by atoms with E-state index in [1.807, 2.05) is 12.3 Å². The van der Waals surface area contributed by atoms with E-state index in [4.69, 9.17) is 20.3 Å². The van der Waals surface area contributed by atoms with Gasteiger partial charge >= 0.3 is 0 Å². The highest BCUT2D eigenvalue weighted by Crippen LogP contribution is 2.55. The topological polar surface area (TPSA) is 152 Å². The van der Waals surface area contributed by atoms with Crippen LogP contribution >= 0.6 is 0 Å². The smallest absolute Gasteiger partial charge is 0.273 e. The van der Waals surface area contributed by atoms with Crippen LogP contribution in [-0.2, 0) is 19.3 Å². The van der Waals surface area contributed by atoms with Gasteiger partial charge in [-0.25, -0.2) is 9.97 Å². The Bertz CT molecular complexity index is 1500. The third-order valence-corrected chi connectivity index (χ3v) is 9.36. The van der Waals surface area contributed by atoms with Gasteiger partial charge in [-0.15, -0.1) is 0 Å². The van der Waals surface area contributed by atoms with Gasteiger partial charge in [0.05, 0.1) is 12.8 Å². The number of anilines is 3. The number of allylic oxidation sites excluding steroid dienone is 2. The Morgan fingerprint density at radius 1 is 1.29 bits per heavy atom. The van der Waals surface area contributed by atoms with E-state index in [1.54, 1.807) is 7.11 Å². The second-order valence-electron chi connectivity index (χ2n) is 11.9. The molecule has 2 bridgehead atoms. The second kappa shape index (κ2) is 11.6. The van der Waals surface area contributed by atoms with Crippen molar-refractivity contribution in [1.29, 1.82) is 5.41 Å². The van der Waals surface area contributed by atoms with Crippen molar-refractivity contribution in [2.45, 2.75) is 70.8 Å². The summed E-state index contributed by atoms with van der Waals surface area (Å²) in [6, 6.07) is 4.04. The molecule has 4 atom stereocenters. The van der Waals surface area contributed by atoms with Crippen LogP contribution in [0.4, 0.5) is 17.5 Å². The first-order chi connectivity index (χ1) is 20.4. The Morgan fingerprint density at radius 2 is 2.17 bits per heavy atom. The number of methoxy groups -OCH3 is 1. The van der Waals surface area contributed by atoms with Crippen molar-refractivity contribution in [3.05, 3.63) is 65.5 Å². The van der Waals surface area contributed by atoms with Crippen molar-refractivity contribution in [3.63, 3.8) is 0 Å². The van der Waals surface area contributed by atoms with Gasteiger partial charge in [-0.1, -0.05) is 25.1 Å². The number of hydrogen-bond acceptors (Lipinski definition) is 9. The molecule has 1 fully saturated rings. The highest BCUT2D eigenvalue weighted by Gasteiger charge is 2.47. The van der Waals surface area contributed by atoms with Crippen molar-refractivity contribution < 1.29 is 13.9 Å². The van der Waals surface area contributed by atoms with Crippen LogP contribution in [0, 0.1) is 22.7 Å². The molecule has 5 N–H and O–H groups in total. The minimum atomic E-state index is -0.228. The zero-order valence-electron chi connectivity index (χ0n) is 24.3. The lowest BCUT2D eigenvalue weighted by Crippen LogP contribution is -2.36. The number of oxazole rings is 1. The zero-order chi connectivity index (χ0) is 29.3. The van der Waals surface area contributed by atoms with Gasteiger partial charge in [0.25, 0.3) is 5.91 Å². The van der Waals surface area contributed by atoms with Gasteiger partial charge in [0.15, 0.2) is 12.1 Å².